The van der Waals surface area contributed by atoms with Crippen LogP contribution in [0.15, 0.2) is 18.2 Å². The first-order valence-electron chi connectivity index (χ1n) is 5.29. The highest BCUT2D eigenvalue weighted by molar-refractivity contribution is 5.77. The fourth-order valence-corrected chi connectivity index (χ4v) is 1.46. The number of amides is 1. The van der Waals surface area contributed by atoms with Crippen molar-refractivity contribution in [2.45, 2.75) is 6.54 Å². The molecule has 94 valence electrons. The van der Waals surface area contributed by atoms with Crippen molar-refractivity contribution in [3.63, 3.8) is 0 Å². The molecule has 0 atom stereocenters. The third-order valence-electron chi connectivity index (χ3n) is 2.39. The lowest BCUT2D eigenvalue weighted by Crippen LogP contribution is -2.33. The number of hydrogen-bond donors (Lipinski definition) is 1. The molecule has 0 heterocycles. The first-order chi connectivity index (χ1) is 8.08. The first-order valence-corrected chi connectivity index (χ1v) is 5.29. The van der Waals surface area contributed by atoms with Gasteiger partial charge in [-0.25, -0.2) is 4.39 Å². The van der Waals surface area contributed by atoms with Crippen LogP contribution in [0, 0.1) is 5.82 Å². The van der Waals surface area contributed by atoms with Crippen molar-refractivity contribution in [3.05, 3.63) is 29.6 Å². The molecule has 0 aliphatic carbocycles. The number of nitrogens with one attached hydrogen (secondary N) is 1. The number of carbonyl (C=O) groups is 1. The lowest BCUT2D eigenvalue weighted by atomic mass is 10.2. The Kier molecular flexibility index (Phi) is 4.90. The summed E-state index contributed by atoms with van der Waals surface area (Å²) in [4.78, 5) is 13.0. The van der Waals surface area contributed by atoms with E-state index in [0.717, 1.165) is 5.56 Å². The Morgan fingerprint density at radius 2 is 2.24 bits per heavy atom. The number of carbonyl (C=O) groups excluding carboxylic acids is 1. The largest absolute Gasteiger partial charge is 0.494 e. The maximum atomic E-state index is 13.4. The van der Waals surface area contributed by atoms with Crippen LogP contribution in [0.5, 0.6) is 5.75 Å². The van der Waals surface area contributed by atoms with Crippen LogP contribution in [0.2, 0.25) is 0 Å². The standard InChI is InChI=1S/C12H17FN2O2/c1-14-7-12(16)15(2)8-9-4-5-11(17-3)10(13)6-9/h4-6,14H,7-8H2,1-3H3. The van der Waals surface area contributed by atoms with E-state index in [9.17, 15) is 9.18 Å². The molecule has 4 nitrogen and oxygen atoms in total. The van der Waals surface area contributed by atoms with Gasteiger partial charge in [0, 0.05) is 13.6 Å². The molecular weight excluding hydrogens is 223 g/mol. The maximum Gasteiger partial charge on any atom is 0.236 e. The van der Waals surface area contributed by atoms with Crippen molar-refractivity contribution < 1.29 is 13.9 Å². The predicted octanol–water partition coefficient (Wildman–Crippen LogP) is 1.01. The van der Waals surface area contributed by atoms with E-state index in [-0.39, 0.29) is 18.2 Å². The summed E-state index contributed by atoms with van der Waals surface area (Å²) < 4.78 is 18.2. The molecule has 5 heteroatoms. The molecule has 0 unspecified atom stereocenters. The zero-order valence-corrected chi connectivity index (χ0v) is 10.3. The van der Waals surface area contributed by atoms with Crippen molar-refractivity contribution in [3.8, 4) is 5.75 Å². The predicted molar refractivity (Wildman–Crippen MR) is 63.4 cm³/mol. The lowest BCUT2D eigenvalue weighted by Gasteiger charge is -2.17. The van der Waals surface area contributed by atoms with Gasteiger partial charge < -0.3 is 15.0 Å². The number of hydrogen-bond acceptors (Lipinski definition) is 3. The molecule has 0 aromatic heterocycles. The summed E-state index contributed by atoms with van der Waals surface area (Å²) in [6.07, 6.45) is 0. The molecule has 1 aromatic rings. The fourth-order valence-electron chi connectivity index (χ4n) is 1.46. The number of nitrogens with zero attached hydrogens (tertiary/aromatic N) is 1. The van der Waals surface area contributed by atoms with Crippen molar-refractivity contribution in [1.29, 1.82) is 0 Å². The Hall–Kier alpha value is -1.62. The maximum absolute atomic E-state index is 13.4. The summed E-state index contributed by atoms with van der Waals surface area (Å²) in [6, 6.07) is 4.67. The number of ether oxygens (including phenoxy) is 1. The second-order valence-electron chi connectivity index (χ2n) is 3.75. The lowest BCUT2D eigenvalue weighted by molar-refractivity contribution is -0.129. The summed E-state index contributed by atoms with van der Waals surface area (Å²) in [5.74, 6) is -0.249. The highest BCUT2D eigenvalue weighted by Crippen LogP contribution is 2.18. The summed E-state index contributed by atoms with van der Waals surface area (Å²) in [7, 11) is 4.81. The number of rotatable bonds is 5. The van der Waals surface area contributed by atoms with Crippen molar-refractivity contribution in [2.75, 3.05) is 27.7 Å². The van der Waals surface area contributed by atoms with Crippen LogP contribution in [-0.2, 0) is 11.3 Å². The van der Waals surface area contributed by atoms with Gasteiger partial charge in [0.25, 0.3) is 0 Å². The van der Waals surface area contributed by atoms with E-state index in [1.807, 2.05) is 0 Å². The third kappa shape index (κ3) is 3.71. The monoisotopic (exact) mass is 240 g/mol. The molecule has 0 aliphatic rings. The van der Waals surface area contributed by atoms with Crippen LogP contribution in [0.25, 0.3) is 0 Å². The van der Waals surface area contributed by atoms with Crippen LogP contribution in [-0.4, -0.2) is 38.6 Å². The molecule has 0 radical (unpaired) electrons. The average Bonchev–Trinajstić information content (AvgIpc) is 2.29. The minimum absolute atomic E-state index is 0.0382. The molecule has 1 amide bonds. The van der Waals surface area contributed by atoms with Crippen LogP contribution in [0.4, 0.5) is 4.39 Å². The fraction of sp³-hybridized carbons (Fsp3) is 0.417. The molecule has 1 rings (SSSR count). The highest BCUT2D eigenvalue weighted by Gasteiger charge is 2.09. The van der Waals surface area contributed by atoms with Crippen LogP contribution in [0.3, 0.4) is 0 Å². The van der Waals surface area contributed by atoms with E-state index < -0.39 is 5.82 Å². The van der Waals surface area contributed by atoms with E-state index in [1.54, 1.807) is 26.2 Å². The molecule has 1 N–H and O–H groups in total. The zero-order chi connectivity index (χ0) is 12.8. The quantitative estimate of drug-likeness (QED) is 0.835. The molecule has 0 bridgehead atoms. The highest BCUT2D eigenvalue weighted by atomic mass is 19.1. The molecule has 0 fully saturated rings. The van der Waals surface area contributed by atoms with Gasteiger partial charge in [-0.05, 0) is 24.7 Å². The van der Waals surface area contributed by atoms with Gasteiger partial charge in [0.1, 0.15) is 0 Å². The van der Waals surface area contributed by atoms with Gasteiger partial charge >= 0.3 is 0 Å². The van der Waals surface area contributed by atoms with Crippen molar-refractivity contribution in [1.82, 2.24) is 10.2 Å². The van der Waals surface area contributed by atoms with E-state index in [4.69, 9.17) is 4.74 Å². The van der Waals surface area contributed by atoms with Gasteiger partial charge in [0.15, 0.2) is 11.6 Å². The van der Waals surface area contributed by atoms with Crippen molar-refractivity contribution in [2.24, 2.45) is 0 Å². The normalized spacial score (nSPS) is 10.1. The van der Waals surface area contributed by atoms with Gasteiger partial charge in [-0.3, -0.25) is 4.79 Å². The number of likely N-dealkylation sites (N-methyl/N-ethyl adjacent to an activating group) is 2. The SMILES string of the molecule is CNCC(=O)N(C)Cc1ccc(OC)c(F)c1. The minimum Gasteiger partial charge on any atom is -0.494 e. The second-order valence-corrected chi connectivity index (χ2v) is 3.75. The summed E-state index contributed by atoms with van der Waals surface area (Å²) in [5.41, 5.74) is 0.732. The molecule has 0 saturated heterocycles. The molecule has 0 spiro atoms. The van der Waals surface area contributed by atoms with E-state index in [0.29, 0.717) is 6.54 Å². The summed E-state index contributed by atoms with van der Waals surface area (Å²) >= 11 is 0. The smallest absolute Gasteiger partial charge is 0.236 e. The van der Waals surface area contributed by atoms with E-state index in [1.165, 1.54) is 18.1 Å². The Morgan fingerprint density at radius 3 is 2.76 bits per heavy atom. The third-order valence-corrected chi connectivity index (χ3v) is 2.39. The average molecular weight is 240 g/mol. The zero-order valence-electron chi connectivity index (χ0n) is 10.3. The topological polar surface area (TPSA) is 41.6 Å². The summed E-state index contributed by atoms with van der Waals surface area (Å²) in [5, 5.41) is 2.78. The van der Waals surface area contributed by atoms with Crippen LogP contribution < -0.4 is 10.1 Å². The Bertz CT molecular complexity index is 396. The van der Waals surface area contributed by atoms with Crippen molar-refractivity contribution >= 4 is 5.91 Å². The summed E-state index contributed by atoms with van der Waals surface area (Å²) in [6.45, 7) is 0.649. The molecule has 0 saturated carbocycles. The molecule has 17 heavy (non-hydrogen) atoms. The number of halogens is 1. The Morgan fingerprint density at radius 1 is 1.53 bits per heavy atom. The van der Waals surface area contributed by atoms with E-state index in [2.05, 4.69) is 5.32 Å². The number of methoxy groups -OCH3 is 1. The van der Waals surface area contributed by atoms with Gasteiger partial charge in [0.2, 0.25) is 5.91 Å². The first kappa shape index (κ1) is 13.4. The van der Waals surface area contributed by atoms with Gasteiger partial charge in [-0.15, -0.1) is 0 Å². The van der Waals surface area contributed by atoms with Crippen LogP contribution >= 0.6 is 0 Å². The Labute approximate surface area is 100 Å². The molecule has 0 aliphatic heterocycles. The number of benzene rings is 1. The van der Waals surface area contributed by atoms with Gasteiger partial charge in [-0.1, -0.05) is 6.07 Å². The van der Waals surface area contributed by atoms with Gasteiger partial charge in [0.05, 0.1) is 13.7 Å². The van der Waals surface area contributed by atoms with E-state index >= 15 is 0 Å². The second kappa shape index (κ2) is 6.20. The molecular formula is C12H17FN2O2. The molecule has 1 aromatic carbocycles. The Balaban J connectivity index is 2.68. The minimum atomic E-state index is -0.417. The van der Waals surface area contributed by atoms with Gasteiger partial charge in [-0.2, -0.15) is 0 Å². The van der Waals surface area contributed by atoms with Crippen LogP contribution in [0.1, 0.15) is 5.56 Å².